The zero-order valence-electron chi connectivity index (χ0n) is 13.3. The van der Waals surface area contributed by atoms with Gasteiger partial charge in [-0.3, -0.25) is 0 Å². The van der Waals surface area contributed by atoms with Crippen LogP contribution in [0.3, 0.4) is 0 Å². The average molecular weight is 283 g/mol. The maximum Gasteiger partial charge on any atom is 0.0680 e. The topological polar surface area (TPSA) is 29.9 Å². The molecule has 1 aliphatic carbocycles. The van der Waals surface area contributed by atoms with Gasteiger partial charge in [-0.2, -0.15) is 5.10 Å². The lowest BCUT2D eigenvalue weighted by molar-refractivity contribution is 0.456. The van der Waals surface area contributed by atoms with Crippen LogP contribution in [0.2, 0.25) is 0 Å². The Morgan fingerprint density at radius 3 is 3.00 bits per heavy atom. The van der Waals surface area contributed by atoms with E-state index < -0.39 is 0 Å². The van der Waals surface area contributed by atoms with Gasteiger partial charge in [-0.15, -0.1) is 0 Å². The van der Waals surface area contributed by atoms with E-state index in [0.29, 0.717) is 6.04 Å². The molecule has 0 radical (unpaired) electrons. The molecule has 3 rings (SSSR count). The van der Waals surface area contributed by atoms with E-state index in [2.05, 4.69) is 55.2 Å². The summed E-state index contributed by atoms with van der Waals surface area (Å²) in [5.74, 6) is 0. The largest absolute Gasteiger partial charge is 0.310 e. The van der Waals surface area contributed by atoms with E-state index in [0.717, 1.165) is 13.0 Å². The van der Waals surface area contributed by atoms with Crippen LogP contribution in [0.4, 0.5) is 0 Å². The van der Waals surface area contributed by atoms with Crippen LogP contribution < -0.4 is 5.32 Å². The molecule has 1 aliphatic rings. The molecular weight excluding hydrogens is 258 g/mol. The number of nitrogens with one attached hydrogen (secondary N) is 1. The lowest BCUT2D eigenvalue weighted by Crippen LogP contribution is -2.26. The molecule has 1 unspecified atom stereocenters. The number of hydrogen-bond acceptors (Lipinski definition) is 2. The van der Waals surface area contributed by atoms with Gasteiger partial charge in [-0.25, -0.2) is 4.68 Å². The van der Waals surface area contributed by atoms with Crippen molar-refractivity contribution in [3.63, 3.8) is 0 Å². The SMILES string of the molecule is CCCNC1CCCc2c1cnn2-c1cc(C)ccc1C. The normalized spacial score (nSPS) is 17.8. The molecular formula is C18H25N3. The van der Waals surface area contributed by atoms with Gasteiger partial charge < -0.3 is 5.32 Å². The van der Waals surface area contributed by atoms with Crippen LogP contribution in [0, 0.1) is 13.8 Å². The van der Waals surface area contributed by atoms with E-state index in [1.54, 1.807) is 0 Å². The molecule has 0 fully saturated rings. The summed E-state index contributed by atoms with van der Waals surface area (Å²) in [5.41, 5.74) is 6.60. The average Bonchev–Trinajstić information content (AvgIpc) is 2.92. The van der Waals surface area contributed by atoms with Crippen LogP contribution in [-0.4, -0.2) is 16.3 Å². The van der Waals surface area contributed by atoms with Crippen molar-refractivity contribution in [2.45, 2.75) is 52.5 Å². The van der Waals surface area contributed by atoms with Crippen molar-refractivity contribution in [2.75, 3.05) is 6.54 Å². The molecule has 1 heterocycles. The Bertz CT molecular complexity index is 627. The molecule has 1 N–H and O–H groups in total. The predicted molar refractivity (Wildman–Crippen MR) is 87.0 cm³/mol. The highest BCUT2D eigenvalue weighted by atomic mass is 15.3. The highest BCUT2D eigenvalue weighted by molar-refractivity contribution is 5.45. The van der Waals surface area contributed by atoms with Gasteiger partial charge in [-0.1, -0.05) is 19.1 Å². The molecule has 0 saturated carbocycles. The summed E-state index contributed by atoms with van der Waals surface area (Å²) in [7, 11) is 0. The van der Waals surface area contributed by atoms with E-state index in [-0.39, 0.29) is 0 Å². The molecule has 0 spiro atoms. The summed E-state index contributed by atoms with van der Waals surface area (Å²) in [6, 6.07) is 7.08. The molecule has 0 amide bonds. The summed E-state index contributed by atoms with van der Waals surface area (Å²) in [4.78, 5) is 0. The first-order valence-electron chi connectivity index (χ1n) is 8.08. The number of nitrogens with zero attached hydrogens (tertiary/aromatic N) is 2. The molecule has 112 valence electrons. The molecule has 0 saturated heterocycles. The maximum absolute atomic E-state index is 4.70. The molecule has 0 bridgehead atoms. The fraction of sp³-hybridized carbons (Fsp3) is 0.500. The molecule has 1 aromatic carbocycles. The van der Waals surface area contributed by atoms with E-state index in [1.807, 2.05) is 0 Å². The van der Waals surface area contributed by atoms with Crippen LogP contribution in [0.15, 0.2) is 24.4 Å². The van der Waals surface area contributed by atoms with Gasteiger partial charge in [0.1, 0.15) is 0 Å². The lowest BCUT2D eigenvalue weighted by Gasteiger charge is -2.24. The van der Waals surface area contributed by atoms with Crippen LogP contribution in [-0.2, 0) is 6.42 Å². The van der Waals surface area contributed by atoms with Crippen LogP contribution in [0.1, 0.15) is 54.6 Å². The van der Waals surface area contributed by atoms with E-state index in [4.69, 9.17) is 5.10 Å². The van der Waals surface area contributed by atoms with Crippen LogP contribution >= 0.6 is 0 Å². The predicted octanol–water partition coefficient (Wildman–Crippen LogP) is 3.87. The Labute approximate surface area is 127 Å². The lowest BCUT2D eigenvalue weighted by atomic mass is 9.92. The van der Waals surface area contributed by atoms with Gasteiger partial charge >= 0.3 is 0 Å². The van der Waals surface area contributed by atoms with Crippen molar-refractivity contribution in [2.24, 2.45) is 0 Å². The first-order valence-corrected chi connectivity index (χ1v) is 8.08. The number of rotatable bonds is 4. The molecule has 1 atom stereocenters. The third-order valence-corrected chi connectivity index (χ3v) is 4.42. The minimum Gasteiger partial charge on any atom is -0.310 e. The van der Waals surface area contributed by atoms with Gasteiger partial charge in [0.25, 0.3) is 0 Å². The van der Waals surface area contributed by atoms with Crippen molar-refractivity contribution in [3.05, 3.63) is 46.8 Å². The van der Waals surface area contributed by atoms with Crippen molar-refractivity contribution in [3.8, 4) is 5.69 Å². The van der Waals surface area contributed by atoms with Crippen LogP contribution in [0.5, 0.6) is 0 Å². The second kappa shape index (κ2) is 6.02. The van der Waals surface area contributed by atoms with Crippen molar-refractivity contribution < 1.29 is 0 Å². The molecule has 21 heavy (non-hydrogen) atoms. The third-order valence-electron chi connectivity index (χ3n) is 4.42. The number of aryl methyl sites for hydroxylation is 2. The second-order valence-electron chi connectivity index (χ2n) is 6.15. The summed E-state index contributed by atoms with van der Waals surface area (Å²) in [6.07, 6.45) is 6.85. The monoisotopic (exact) mass is 283 g/mol. The second-order valence-corrected chi connectivity index (χ2v) is 6.15. The molecule has 0 aliphatic heterocycles. The fourth-order valence-corrected chi connectivity index (χ4v) is 3.24. The quantitative estimate of drug-likeness (QED) is 0.923. The van der Waals surface area contributed by atoms with E-state index >= 15 is 0 Å². The summed E-state index contributed by atoms with van der Waals surface area (Å²) in [5, 5.41) is 8.37. The summed E-state index contributed by atoms with van der Waals surface area (Å²) >= 11 is 0. The first kappa shape index (κ1) is 14.3. The Morgan fingerprint density at radius 2 is 2.19 bits per heavy atom. The highest BCUT2D eigenvalue weighted by Gasteiger charge is 2.24. The van der Waals surface area contributed by atoms with Gasteiger partial charge in [0.15, 0.2) is 0 Å². The zero-order chi connectivity index (χ0) is 14.8. The number of fused-ring (bicyclic) bond motifs is 1. The minimum absolute atomic E-state index is 0.479. The van der Waals surface area contributed by atoms with Gasteiger partial charge in [0, 0.05) is 17.3 Å². The third kappa shape index (κ3) is 2.75. The zero-order valence-corrected chi connectivity index (χ0v) is 13.3. The fourth-order valence-electron chi connectivity index (χ4n) is 3.24. The number of benzene rings is 1. The van der Waals surface area contributed by atoms with Crippen molar-refractivity contribution >= 4 is 0 Å². The Hall–Kier alpha value is -1.61. The Balaban J connectivity index is 1.99. The molecule has 1 aromatic heterocycles. The van der Waals surface area contributed by atoms with E-state index in [1.165, 1.54) is 47.3 Å². The molecule has 2 aromatic rings. The number of hydrogen-bond donors (Lipinski definition) is 1. The van der Waals surface area contributed by atoms with Crippen LogP contribution in [0.25, 0.3) is 5.69 Å². The van der Waals surface area contributed by atoms with E-state index in [9.17, 15) is 0 Å². The Morgan fingerprint density at radius 1 is 1.33 bits per heavy atom. The molecule has 3 heteroatoms. The highest BCUT2D eigenvalue weighted by Crippen LogP contribution is 2.31. The maximum atomic E-state index is 4.70. The van der Waals surface area contributed by atoms with Gasteiger partial charge in [0.05, 0.1) is 11.9 Å². The molecule has 3 nitrogen and oxygen atoms in total. The summed E-state index contributed by atoms with van der Waals surface area (Å²) in [6.45, 7) is 7.61. The van der Waals surface area contributed by atoms with Crippen molar-refractivity contribution in [1.82, 2.24) is 15.1 Å². The summed E-state index contributed by atoms with van der Waals surface area (Å²) < 4.78 is 2.16. The number of aromatic nitrogens is 2. The Kier molecular flexibility index (Phi) is 4.11. The van der Waals surface area contributed by atoms with Crippen molar-refractivity contribution in [1.29, 1.82) is 0 Å². The van der Waals surface area contributed by atoms with Gasteiger partial charge in [0.2, 0.25) is 0 Å². The first-order chi connectivity index (χ1) is 10.2. The van der Waals surface area contributed by atoms with Gasteiger partial charge in [-0.05, 0) is 63.3 Å². The smallest absolute Gasteiger partial charge is 0.0680 e. The standard InChI is InChI=1S/C18H25N3/c1-4-10-19-16-6-5-7-17-15(16)12-20-21(17)18-11-13(2)8-9-14(18)3/h8-9,11-12,16,19H,4-7,10H2,1-3H3. The minimum atomic E-state index is 0.479.